The molecule has 0 heterocycles. The van der Waals surface area contributed by atoms with Crippen LogP contribution >= 0.6 is 0 Å². The van der Waals surface area contributed by atoms with Crippen molar-refractivity contribution < 1.29 is 14.7 Å². The number of allylic oxidation sites excluding steroid dienone is 2. The number of carboxylic acids is 1. The van der Waals surface area contributed by atoms with Crippen LogP contribution in [0.2, 0.25) is 0 Å². The van der Waals surface area contributed by atoms with Crippen LogP contribution in [-0.4, -0.2) is 22.9 Å². The standard InChI is InChI=1S/C8H11NO3/c9-6(8(11)12)4-5-2-1-3-7(5)10/h1,3,5-6H,2,4,9H2,(H,11,12). The zero-order chi connectivity index (χ0) is 9.14. The zero-order valence-corrected chi connectivity index (χ0v) is 6.56. The fraction of sp³-hybridized carbons (Fsp3) is 0.500. The lowest BCUT2D eigenvalue weighted by atomic mass is 9.97. The molecule has 1 aliphatic rings. The molecule has 66 valence electrons. The first-order chi connectivity index (χ1) is 5.61. The predicted molar refractivity (Wildman–Crippen MR) is 42.5 cm³/mol. The van der Waals surface area contributed by atoms with Crippen molar-refractivity contribution in [2.75, 3.05) is 0 Å². The Morgan fingerprint density at radius 2 is 2.50 bits per heavy atom. The quantitative estimate of drug-likeness (QED) is 0.619. The maximum atomic E-state index is 11.0. The van der Waals surface area contributed by atoms with Gasteiger partial charge in [-0.05, 0) is 18.9 Å². The summed E-state index contributed by atoms with van der Waals surface area (Å²) in [6, 6.07) is -0.918. The molecule has 0 spiro atoms. The molecular weight excluding hydrogens is 158 g/mol. The molecule has 3 N–H and O–H groups in total. The number of carboxylic acid groups (broad SMARTS) is 1. The van der Waals surface area contributed by atoms with Crippen molar-refractivity contribution in [3.8, 4) is 0 Å². The Labute approximate surface area is 70.1 Å². The van der Waals surface area contributed by atoms with E-state index in [2.05, 4.69) is 0 Å². The molecule has 0 aromatic heterocycles. The van der Waals surface area contributed by atoms with Crippen LogP contribution in [0.25, 0.3) is 0 Å². The largest absolute Gasteiger partial charge is 0.480 e. The molecule has 1 rings (SSSR count). The minimum Gasteiger partial charge on any atom is -0.480 e. The van der Waals surface area contributed by atoms with E-state index in [0.717, 1.165) is 0 Å². The molecule has 0 saturated heterocycles. The van der Waals surface area contributed by atoms with E-state index in [9.17, 15) is 9.59 Å². The fourth-order valence-corrected chi connectivity index (χ4v) is 1.22. The maximum Gasteiger partial charge on any atom is 0.320 e. The van der Waals surface area contributed by atoms with Gasteiger partial charge in [-0.1, -0.05) is 6.08 Å². The summed E-state index contributed by atoms with van der Waals surface area (Å²) in [5.41, 5.74) is 5.28. The third-order valence-electron chi connectivity index (χ3n) is 1.96. The summed E-state index contributed by atoms with van der Waals surface area (Å²) in [4.78, 5) is 21.3. The average Bonchev–Trinajstić information content (AvgIpc) is 2.36. The first kappa shape index (κ1) is 8.93. The van der Waals surface area contributed by atoms with Gasteiger partial charge in [0.1, 0.15) is 6.04 Å². The van der Waals surface area contributed by atoms with Crippen LogP contribution in [0.5, 0.6) is 0 Å². The third kappa shape index (κ3) is 1.92. The van der Waals surface area contributed by atoms with Gasteiger partial charge < -0.3 is 10.8 Å². The first-order valence-electron chi connectivity index (χ1n) is 3.80. The van der Waals surface area contributed by atoms with Gasteiger partial charge in [-0.15, -0.1) is 0 Å². The van der Waals surface area contributed by atoms with E-state index >= 15 is 0 Å². The molecule has 0 aromatic carbocycles. The number of carbonyl (C=O) groups is 2. The van der Waals surface area contributed by atoms with E-state index in [-0.39, 0.29) is 18.1 Å². The highest BCUT2D eigenvalue weighted by Gasteiger charge is 2.24. The molecule has 2 unspecified atom stereocenters. The Hall–Kier alpha value is -1.16. The molecule has 12 heavy (non-hydrogen) atoms. The van der Waals surface area contributed by atoms with Crippen molar-refractivity contribution in [3.05, 3.63) is 12.2 Å². The van der Waals surface area contributed by atoms with Crippen molar-refractivity contribution in [2.45, 2.75) is 18.9 Å². The van der Waals surface area contributed by atoms with Crippen molar-refractivity contribution in [2.24, 2.45) is 11.7 Å². The number of ketones is 1. The minimum atomic E-state index is -1.05. The highest BCUT2D eigenvalue weighted by molar-refractivity contribution is 5.94. The molecule has 0 aromatic rings. The summed E-state index contributed by atoms with van der Waals surface area (Å²) in [6.45, 7) is 0. The van der Waals surface area contributed by atoms with Gasteiger partial charge in [0.15, 0.2) is 5.78 Å². The van der Waals surface area contributed by atoms with Crippen molar-refractivity contribution >= 4 is 11.8 Å². The van der Waals surface area contributed by atoms with E-state index in [4.69, 9.17) is 10.8 Å². The molecule has 4 nitrogen and oxygen atoms in total. The number of hydrogen-bond acceptors (Lipinski definition) is 3. The molecule has 0 amide bonds. The molecular formula is C8H11NO3. The van der Waals surface area contributed by atoms with Gasteiger partial charge >= 0.3 is 5.97 Å². The Morgan fingerprint density at radius 3 is 2.92 bits per heavy atom. The van der Waals surface area contributed by atoms with Gasteiger partial charge in [0.2, 0.25) is 0 Å². The summed E-state index contributed by atoms with van der Waals surface area (Å²) in [5, 5.41) is 8.47. The number of hydrogen-bond donors (Lipinski definition) is 2. The second-order valence-electron chi connectivity index (χ2n) is 2.92. The molecule has 0 saturated carbocycles. The number of carbonyl (C=O) groups excluding carboxylic acids is 1. The summed E-state index contributed by atoms with van der Waals surface area (Å²) in [6.07, 6.45) is 4.10. The molecule has 0 aliphatic heterocycles. The molecule has 2 atom stereocenters. The van der Waals surface area contributed by atoms with Crippen LogP contribution in [0.15, 0.2) is 12.2 Å². The molecule has 1 aliphatic carbocycles. The number of rotatable bonds is 3. The van der Waals surface area contributed by atoms with E-state index in [0.29, 0.717) is 6.42 Å². The lowest BCUT2D eigenvalue weighted by Crippen LogP contribution is -2.33. The van der Waals surface area contributed by atoms with Crippen LogP contribution in [-0.2, 0) is 9.59 Å². The Bertz CT molecular complexity index is 234. The van der Waals surface area contributed by atoms with Crippen molar-refractivity contribution in [3.63, 3.8) is 0 Å². The van der Waals surface area contributed by atoms with Gasteiger partial charge in [0.05, 0.1) is 0 Å². The molecule has 0 fully saturated rings. The van der Waals surface area contributed by atoms with Crippen LogP contribution in [0, 0.1) is 5.92 Å². The highest BCUT2D eigenvalue weighted by atomic mass is 16.4. The summed E-state index contributed by atoms with van der Waals surface area (Å²) < 4.78 is 0. The van der Waals surface area contributed by atoms with Gasteiger partial charge in [-0.3, -0.25) is 9.59 Å². The van der Waals surface area contributed by atoms with Crippen LogP contribution in [0.3, 0.4) is 0 Å². The Kier molecular flexibility index (Phi) is 2.60. The van der Waals surface area contributed by atoms with Crippen LogP contribution in [0.1, 0.15) is 12.8 Å². The van der Waals surface area contributed by atoms with E-state index in [1.807, 2.05) is 0 Å². The van der Waals surface area contributed by atoms with E-state index < -0.39 is 12.0 Å². The maximum absolute atomic E-state index is 11.0. The number of nitrogens with two attached hydrogens (primary N) is 1. The van der Waals surface area contributed by atoms with Gasteiger partial charge in [-0.25, -0.2) is 0 Å². The van der Waals surface area contributed by atoms with Crippen LogP contribution in [0.4, 0.5) is 0 Å². The normalized spacial score (nSPS) is 24.4. The van der Waals surface area contributed by atoms with Gasteiger partial charge in [0, 0.05) is 5.92 Å². The Morgan fingerprint density at radius 1 is 1.83 bits per heavy atom. The second-order valence-corrected chi connectivity index (χ2v) is 2.92. The monoisotopic (exact) mass is 169 g/mol. The summed E-state index contributed by atoms with van der Waals surface area (Å²) in [5.74, 6) is -1.27. The summed E-state index contributed by atoms with van der Waals surface area (Å²) >= 11 is 0. The SMILES string of the molecule is NC(CC1CC=CC1=O)C(=O)O. The smallest absolute Gasteiger partial charge is 0.320 e. The third-order valence-corrected chi connectivity index (χ3v) is 1.96. The summed E-state index contributed by atoms with van der Waals surface area (Å²) in [7, 11) is 0. The Balaban J connectivity index is 2.42. The van der Waals surface area contributed by atoms with Crippen molar-refractivity contribution in [1.82, 2.24) is 0 Å². The highest BCUT2D eigenvalue weighted by Crippen LogP contribution is 2.18. The molecule has 0 bridgehead atoms. The lowest BCUT2D eigenvalue weighted by Gasteiger charge is -2.10. The minimum absolute atomic E-state index is 0.00769. The zero-order valence-electron chi connectivity index (χ0n) is 6.56. The topological polar surface area (TPSA) is 80.4 Å². The lowest BCUT2D eigenvalue weighted by molar-refractivity contribution is -0.139. The van der Waals surface area contributed by atoms with Crippen molar-refractivity contribution in [1.29, 1.82) is 0 Å². The fourth-order valence-electron chi connectivity index (χ4n) is 1.22. The van der Waals surface area contributed by atoms with E-state index in [1.165, 1.54) is 6.08 Å². The van der Waals surface area contributed by atoms with Crippen LogP contribution < -0.4 is 5.73 Å². The molecule has 4 heteroatoms. The second kappa shape index (κ2) is 3.49. The van der Waals surface area contributed by atoms with Gasteiger partial charge in [0.25, 0.3) is 0 Å². The molecule has 0 radical (unpaired) electrons. The van der Waals surface area contributed by atoms with Gasteiger partial charge in [-0.2, -0.15) is 0 Å². The average molecular weight is 169 g/mol. The predicted octanol–water partition coefficient (Wildman–Crippen LogP) is -0.0664. The van der Waals surface area contributed by atoms with E-state index in [1.54, 1.807) is 6.08 Å². The first-order valence-corrected chi connectivity index (χ1v) is 3.80. The number of aliphatic carboxylic acids is 1.